The molecule has 1 saturated carbocycles. The molecule has 2 unspecified atom stereocenters. The maximum atomic E-state index is 13.6. The quantitative estimate of drug-likeness (QED) is 0.534. The number of benzene rings is 1. The molecule has 0 saturated heterocycles. The molecule has 5 heteroatoms. The fourth-order valence-electron chi connectivity index (χ4n) is 3.31. The van der Waals surface area contributed by atoms with Gasteiger partial charge in [0, 0.05) is 12.1 Å². The Morgan fingerprint density at radius 1 is 1.30 bits per heavy atom. The lowest BCUT2D eigenvalue weighted by molar-refractivity contribution is 0.338. The summed E-state index contributed by atoms with van der Waals surface area (Å²) in [4.78, 5) is 3.11. The van der Waals surface area contributed by atoms with Crippen molar-refractivity contribution in [2.75, 3.05) is 0 Å². The molecule has 1 aliphatic rings. The molecule has 1 aliphatic carbocycles. The highest BCUT2D eigenvalue weighted by atomic mass is 35.5. The Bertz CT molecular complexity index is 691. The zero-order valence-corrected chi connectivity index (χ0v) is 13.0. The van der Waals surface area contributed by atoms with Crippen molar-refractivity contribution in [3.8, 4) is 0 Å². The van der Waals surface area contributed by atoms with Crippen LogP contribution in [-0.4, -0.2) is 9.55 Å². The molecule has 0 amide bonds. The van der Waals surface area contributed by atoms with Crippen molar-refractivity contribution >= 4 is 34.9 Å². The van der Waals surface area contributed by atoms with Crippen LogP contribution in [0.15, 0.2) is 12.1 Å². The van der Waals surface area contributed by atoms with Crippen molar-refractivity contribution < 1.29 is 4.39 Å². The van der Waals surface area contributed by atoms with E-state index in [4.69, 9.17) is 23.8 Å². The van der Waals surface area contributed by atoms with E-state index < -0.39 is 5.82 Å². The lowest BCUT2D eigenvalue weighted by atomic mass is 9.96. The normalized spacial score (nSPS) is 23.9. The van der Waals surface area contributed by atoms with Crippen LogP contribution in [0.2, 0.25) is 5.02 Å². The molecule has 2 nitrogen and oxygen atoms in total. The highest BCUT2D eigenvalue weighted by molar-refractivity contribution is 7.71. The van der Waals surface area contributed by atoms with Gasteiger partial charge in [0.15, 0.2) is 4.77 Å². The lowest BCUT2D eigenvalue weighted by Gasteiger charge is -2.24. The Labute approximate surface area is 127 Å². The summed E-state index contributed by atoms with van der Waals surface area (Å²) < 4.78 is 16.4. The van der Waals surface area contributed by atoms with E-state index in [0.717, 1.165) is 17.5 Å². The summed E-state index contributed by atoms with van der Waals surface area (Å²) in [5.74, 6) is 0.170. The lowest BCUT2D eigenvalue weighted by Crippen LogP contribution is -2.16. The van der Waals surface area contributed by atoms with Gasteiger partial charge in [-0.1, -0.05) is 37.8 Å². The van der Waals surface area contributed by atoms with E-state index in [1.54, 1.807) is 6.07 Å². The third-order valence-corrected chi connectivity index (χ3v) is 4.99. The van der Waals surface area contributed by atoms with Gasteiger partial charge in [0.25, 0.3) is 0 Å². The molecule has 3 rings (SSSR count). The molecule has 0 aliphatic heterocycles. The minimum absolute atomic E-state index is 0.154. The number of rotatable bonds is 1. The van der Waals surface area contributed by atoms with E-state index in [2.05, 4.69) is 16.5 Å². The molecule has 108 valence electrons. The van der Waals surface area contributed by atoms with Crippen LogP contribution in [0.4, 0.5) is 4.39 Å². The minimum Gasteiger partial charge on any atom is -0.330 e. The molecular formula is C15H18ClFN2S. The minimum atomic E-state index is -0.406. The topological polar surface area (TPSA) is 20.7 Å². The predicted octanol–water partition coefficient (Wildman–Crippen LogP) is 5.63. The Morgan fingerprint density at radius 2 is 2.05 bits per heavy atom. The molecule has 1 N–H and O–H groups in total. The number of fused-ring (bicyclic) bond motifs is 1. The van der Waals surface area contributed by atoms with Gasteiger partial charge in [0.05, 0.1) is 16.1 Å². The first-order valence-corrected chi connectivity index (χ1v) is 7.96. The third kappa shape index (κ3) is 2.40. The number of H-pyrrole nitrogens is 1. The molecule has 0 spiro atoms. The molecule has 1 heterocycles. The van der Waals surface area contributed by atoms with Crippen LogP contribution in [0.25, 0.3) is 11.0 Å². The van der Waals surface area contributed by atoms with E-state index in [1.807, 2.05) is 0 Å². The summed E-state index contributed by atoms with van der Waals surface area (Å²) in [6, 6.07) is 3.50. The highest BCUT2D eigenvalue weighted by Crippen LogP contribution is 2.35. The van der Waals surface area contributed by atoms with Crippen molar-refractivity contribution in [3.05, 3.63) is 27.7 Å². The average Bonchev–Trinajstić information content (AvgIpc) is 2.58. The van der Waals surface area contributed by atoms with Gasteiger partial charge in [-0.15, -0.1) is 0 Å². The van der Waals surface area contributed by atoms with Crippen LogP contribution in [0, 0.1) is 16.5 Å². The van der Waals surface area contributed by atoms with Crippen LogP contribution in [-0.2, 0) is 0 Å². The zero-order valence-electron chi connectivity index (χ0n) is 11.5. The van der Waals surface area contributed by atoms with Gasteiger partial charge in [-0.2, -0.15) is 0 Å². The molecule has 0 bridgehead atoms. The van der Waals surface area contributed by atoms with Crippen LogP contribution in [0.3, 0.4) is 0 Å². The first-order valence-electron chi connectivity index (χ1n) is 7.17. The summed E-state index contributed by atoms with van der Waals surface area (Å²) in [5, 5.41) is 0.154. The van der Waals surface area contributed by atoms with E-state index in [-0.39, 0.29) is 5.02 Å². The van der Waals surface area contributed by atoms with Crippen molar-refractivity contribution in [1.29, 1.82) is 0 Å². The first-order chi connectivity index (χ1) is 9.58. The smallest absolute Gasteiger partial charge is 0.178 e. The molecule has 2 aromatic rings. The highest BCUT2D eigenvalue weighted by Gasteiger charge is 2.24. The van der Waals surface area contributed by atoms with Crippen molar-refractivity contribution in [3.63, 3.8) is 0 Å². The molecule has 1 aromatic heterocycles. The Balaban J connectivity index is 2.17. The van der Waals surface area contributed by atoms with E-state index in [1.165, 1.54) is 31.7 Å². The van der Waals surface area contributed by atoms with Crippen LogP contribution in [0.5, 0.6) is 0 Å². The number of aromatic amines is 1. The van der Waals surface area contributed by atoms with E-state index in [9.17, 15) is 4.39 Å². The first kappa shape index (κ1) is 14.1. The van der Waals surface area contributed by atoms with Crippen LogP contribution in [0.1, 0.15) is 45.1 Å². The van der Waals surface area contributed by atoms with Gasteiger partial charge in [0.2, 0.25) is 0 Å². The maximum Gasteiger partial charge on any atom is 0.178 e. The molecule has 20 heavy (non-hydrogen) atoms. The molecule has 0 radical (unpaired) electrons. The number of hydrogen-bond acceptors (Lipinski definition) is 1. The SMILES string of the molecule is CC1CCCCCC1n1c(=S)[nH]c2cc(F)c(Cl)cc21. The second-order valence-electron chi connectivity index (χ2n) is 5.77. The van der Waals surface area contributed by atoms with Gasteiger partial charge in [0.1, 0.15) is 5.82 Å². The van der Waals surface area contributed by atoms with E-state index >= 15 is 0 Å². The fourth-order valence-corrected chi connectivity index (χ4v) is 3.81. The Kier molecular flexibility index (Phi) is 3.87. The van der Waals surface area contributed by atoms with Gasteiger partial charge in [-0.3, -0.25) is 0 Å². The Morgan fingerprint density at radius 3 is 2.85 bits per heavy atom. The van der Waals surface area contributed by atoms with E-state index in [0.29, 0.717) is 16.7 Å². The summed E-state index contributed by atoms with van der Waals surface area (Å²) in [6.07, 6.45) is 6.12. The second kappa shape index (κ2) is 5.49. The summed E-state index contributed by atoms with van der Waals surface area (Å²) in [5.41, 5.74) is 1.65. The number of nitrogens with one attached hydrogen (secondary N) is 1. The maximum absolute atomic E-state index is 13.6. The van der Waals surface area contributed by atoms with Gasteiger partial charge < -0.3 is 9.55 Å². The van der Waals surface area contributed by atoms with Crippen molar-refractivity contribution in [2.45, 2.75) is 45.1 Å². The van der Waals surface area contributed by atoms with Crippen LogP contribution < -0.4 is 0 Å². The monoisotopic (exact) mass is 312 g/mol. The number of hydrogen-bond donors (Lipinski definition) is 1. The van der Waals surface area contributed by atoms with Gasteiger partial charge in [-0.05, 0) is 37.0 Å². The average molecular weight is 313 g/mol. The molecular weight excluding hydrogens is 295 g/mol. The second-order valence-corrected chi connectivity index (χ2v) is 6.56. The van der Waals surface area contributed by atoms with Crippen molar-refractivity contribution in [1.82, 2.24) is 9.55 Å². The number of halogens is 2. The Hall–Kier alpha value is -0.870. The standard InChI is InChI=1S/C15H18ClFN2S/c1-9-5-3-2-4-6-13(9)19-14-7-10(16)11(17)8-12(14)18-15(19)20/h7-9,13H,2-6H2,1H3,(H,18,20). The summed E-state index contributed by atoms with van der Waals surface area (Å²) >= 11 is 11.4. The summed E-state index contributed by atoms with van der Waals surface area (Å²) in [6.45, 7) is 2.28. The predicted molar refractivity (Wildman–Crippen MR) is 83.4 cm³/mol. The molecule has 1 aromatic carbocycles. The summed E-state index contributed by atoms with van der Waals surface area (Å²) in [7, 11) is 0. The molecule has 1 fully saturated rings. The largest absolute Gasteiger partial charge is 0.330 e. The third-order valence-electron chi connectivity index (χ3n) is 4.41. The number of aromatic nitrogens is 2. The van der Waals surface area contributed by atoms with Crippen LogP contribution >= 0.6 is 23.8 Å². The fraction of sp³-hybridized carbons (Fsp3) is 0.533. The number of nitrogens with zero attached hydrogens (tertiary/aromatic N) is 1. The van der Waals surface area contributed by atoms with Gasteiger partial charge in [-0.25, -0.2) is 4.39 Å². The van der Waals surface area contributed by atoms with Gasteiger partial charge >= 0.3 is 0 Å². The van der Waals surface area contributed by atoms with Crippen molar-refractivity contribution in [2.24, 2.45) is 5.92 Å². The molecule has 2 atom stereocenters. The zero-order chi connectivity index (χ0) is 14.3. The number of imidazole rings is 1.